The van der Waals surface area contributed by atoms with Gasteiger partial charge in [-0.25, -0.2) is 0 Å². The number of carbonyl (C=O) groups is 2. The number of nitrogens with one attached hydrogen (secondary N) is 1. The summed E-state index contributed by atoms with van der Waals surface area (Å²) >= 11 is 0. The first kappa shape index (κ1) is 16.1. The summed E-state index contributed by atoms with van der Waals surface area (Å²) in [6, 6.07) is 5.13. The molecule has 0 unspecified atom stereocenters. The minimum atomic E-state index is -0.330. The summed E-state index contributed by atoms with van der Waals surface area (Å²) in [7, 11) is 0. The zero-order valence-corrected chi connectivity index (χ0v) is 12.9. The third-order valence-corrected chi connectivity index (χ3v) is 3.61. The molecule has 1 aromatic rings. The van der Waals surface area contributed by atoms with Gasteiger partial charge in [-0.2, -0.15) is 0 Å². The molecule has 0 saturated carbocycles. The number of nitrogens with zero attached hydrogens (tertiary/aromatic N) is 1. The first-order valence-electron chi connectivity index (χ1n) is 7.65. The molecule has 1 heterocycles. The van der Waals surface area contributed by atoms with E-state index >= 15 is 0 Å². The largest absolute Gasteiger partial charge is 0.492 e. The maximum absolute atomic E-state index is 12.5. The van der Waals surface area contributed by atoms with Crippen molar-refractivity contribution < 1.29 is 14.3 Å². The normalized spacial score (nSPS) is 14.3. The smallest absolute Gasteiger partial charge is 0.253 e. The van der Waals surface area contributed by atoms with E-state index in [1.165, 1.54) is 12.5 Å². The van der Waals surface area contributed by atoms with E-state index in [-0.39, 0.29) is 11.8 Å². The average Bonchev–Trinajstić information content (AvgIpc) is 2.56. The van der Waals surface area contributed by atoms with Gasteiger partial charge in [0.2, 0.25) is 5.91 Å². The molecule has 0 aliphatic carbocycles. The molecule has 0 atom stereocenters. The van der Waals surface area contributed by atoms with Crippen LogP contribution in [0.5, 0.6) is 5.75 Å². The molecule has 22 heavy (non-hydrogen) atoms. The number of hydrogen-bond donors (Lipinski definition) is 1. The fourth-order valence-electron chi connectivity index (χ4n) is 2.51. The van der Waals surface area contributed by atoms with Gasteiger partial charge in [0, 0.05) is 18.7 Å². The Kier molecular flexibility index (Phi) is 5.58. The highest BCUT2D eigenvalue weighted by Gasteiger charge is 2.19. The van der Waals surface area contributed by atoms with Crippen molar-refractivity contribution in [3.8, 4) is 5.75 Å². The third kappa shape index (κ3) is 3.87. The van der Waals surface area contributed by atoms with Crippen LogP contribution in [-0.2, 0) is 4.79 Å². The van der Waals surface area contributed by atoms with Crippen LogP contribution in [0.25, 0.3) is 0 Å². The molecule has 1 N–H and O–H groups in total. The zero-order valence-electron chi connectivity index (χ0n) is 12.9. The number of benzene rings is 1. The summed E-state index contributed by atoms with van der Waals surface area (Å²) in [4.78, 5) is 25.9. The number of hydrogen-bond acceptors (Lipinski definition) is 3. The van der Waals surface area contributed by atoms with Gasteiger partial charge in [0.25, 0.3) is 5.91 Å². The lowest BCUT2D eigenvalue weighted by atomic mass is 10.1. The molecule has 2 amide bonds. The minimum absolute atomic E-state index is 0.00292. The molecule has 5 heteroatoms. The Morgan fingerprint density at radius 3 is 2.68 bits per heavy atom. The maximum Gasteiger partial charge on any atom is 0.253 e. The maximum atomic E-state index is 12.5. The molecule has 118 valence electrons. The highest BCUT2D eigenvalue weighted by molar-refractivity contribution is 6.02. The fraction of sp³-hybridized carbons (Fsp3) is 0.412. The number of likely N-dealkylation sites (tertiary alicyclic amines) is 1. The van der Waals surface area contributed by atoms with Crippen molar-refractivity contribution >= 4 is 17.5 Å². The molecule has 1 aliphatic rings. The molecular formula is C17H22N2O3. The predicted molar refractivity (Wildman–Crippen MR) is 86.2 cm³/mol. The SMILES string of the molecule is C=CC(=O)Nc1cc(C(=O)N2CCCCC2)ccc1OCC. The lowest BCUT2D eigenvalue weighted by Crippen LogP contribution is -2.35. The third-order valence-electron chi connectivity index (χ3n) is 3.61. The van der Waals surface area contributed by atoms with E-state index in [2.05, 4.69) is 11.9 Å². The van der Waals surface area contributed by atoms with Crippen LogP contribution in [0.4, 0.5) is 5.69 Å². The summed E-state index contributed by atoms with van der Waals surface area (Å²) in [5.74, 6) is 0.216. The van der Waals surface area contributed by atoms with Crippen molar-refractivity contribution in [1.82, 2.24) is 4.90 Å². The van der Waals surface area contributed by atoms with Crippen LogP contribution in [0.15, 0.2) is 30.9 Å². The minimum Gasteiger partial charge on any atom is -0.492 e. The number of carbonyl (C=O) groups excluding carboxylic acids is 2. The molecule has 1 aromatic carbocycles. The predicted octanol–water partition coefficient (Wildman–Crippen LogP) is 2.84. The van der Waals surface area contributed by atoms with Crippen LogP contribution in [0.2, 0.25) is 0 Å². The second kappa shape index (κ2) is 7.64. The van der Waals surface area contributed by atoms with E-state index in [1.807, 2.05) is 11.8 Å². The van der Waals surface area contributed by atoms with Crippen molar-refractivity contribution in [2.75, 3.05) is 25.0 Å². The van der Waals surface area contributed by atoms with E-state index in [0.717, 1.165) is 25.9 Å². The van der Waals surface area contributed by atoms with Gasteiger partial charge < -0.3 is 15.0 Å². The van der Waals surface area contributed by atoms with E-state index in [1.54, 1.807) is 18.2 Å². The Labute approximate surface area is 130 Å². The summed E-state index contributed by atoms with van der Waals surface area (Å²) in [6.07, 6.45) is 4.45. The van der Waals surface area contributed by atoms with Gasteiger partial charge >= 0.3 is 0 Å². The van der Waals surface area contributed by atoms with Gasteiger partial charge in [0.1, 0.15) is 5.75 Å². The molecule has 2 rings (SSSR count). The van der Waals surface area contributed by atoms with Crippen LogP contribution in [0, 0.1) is 0 Å². The molecule has 1 fully saturated rings. The first-order chi connectivity index (χ1) is 10.7. The molecule has 0 bridgehead atoms. The average molecular weight is 302 g/mol. The zero-order chi connectivity index (χ0) is 15.9. The fourth-order valence-corrected chi connectivity index (χ4v) is 2.51. The summed E-state index contributed by atoms with van der Waals surface area (Å²) in [5, 5.41) is 2.69. The Bertz CT molecular complexity index is 563. The van der Waals surface area contributed by atoms with E-state index in [9.17, 15) is 9.59 Å². The number of amides is 2. The molecule has 0 spiro atoms. The van der Waals surface area contributed by atoms with Gasteiger partial charge in [0.15, 0.2) is 0 Å². The number of piperidine rings is 1. The van der Waals surface area contributed by atoms with E-state index < -0.39 is 0 Å². The number of rotatable bonds is 5. The van der Waals surface area contributed by atoms with Crippen LogP contribution in [0.1, 0.15) is 36.5 Å². The number of ether oxygens (including phenoxy) is 1. The standard InChI is InChI=1S/C17H22N2O3/c1-3-16(20)18-14-12-13(8-9-15(14)22-4-2)17(21)19-10-6-5-7-11-19/h3,8-9,12H,1,4-7,10-11H2,2H3,(H,18,20). The van der Waals surface area contributed by atoms with Gasteiger partial charge in [-0.05, 0) is 50.5 Å². The molecule has 5 nitrogen and oxygen atoms in total. The number of anilines is 1. The highest BCUT2D eigenvalue weighted by Crippen LogP contribution is 2.27. The molecular weight excluding hydrogens is 280 g/mol. The summed E-state index contributed by atoms with van der Waals surface area (Å²) in [6.45, 7) is 7.37. The molecule has 0 aromatic heterocycles. The second-order valence-electron chi connectivity index (χ2n) is 5.19. The summed E-state index contributed by atoms with van der Waals surface area (Å²) < 4.78 is 5.49. The van der Waals surface area contributed by atoms with Crippen LogP contribution >= 0.6 is 0 Å². The van der Waals surface area contributed by atoms with Crippen molar-refractivity contribution in [2.45, 2.75) is 26.2 Å². The van der Waals surface area contributed by atoms with Gasteiger partial charge in [-0.1, -0.05) is 6.58 Å². The van der Waals surface area contributed by atoms with E-state index in [0.29, 0.717) is 23.6 Å². The topological polar surface area (TPSA) is 58.6 Å². The lowest BCUT2D eigenvalue weighted by Gasteiger charge is -2.27. The van der Waals surface area contributed by atoms with Crippen LogP contribution in [-0.4, -0.2) is 36.4 Å². The van der Waals surface area contributed by atoms with Gasteiger partial charge in [-0.15, -0.1) is 0 Å². The lowest BCUT2D eigenvalue weighted by molar-refractivity contribution is -0.111. The molecule has 1 aliphatic heterocycles. The van der Waals surface area contributed by atoms with Crippen molar-refractivity contribution in [1.29, 1.82) is 0 Å². The van der Waals surface area contributed by atoms with Crippen molar-refractivity contribution in [2.24, 2.45) is 0 Å². The van der Waals surface area contributed by atoms with Crippen LogP contribution < -0.4 is 10.1 Å². The van der Waals surface area contributed by atoms with Crippen molar-refractivity contribution in [3.63, 3.8) is 0 Å². The first-order valence-corrected chi connectivity index (χ1v) is 7.65. The monoisotopic (exact) mass is 302 g/mol. The van der Waals surface area contributed by atoms with E-state index in [4.69, 9.17) is 4.74 Å². The molecule has 0 radical (unpaired) electrons. The van der Waals surface area contributed by atoms with Gasteiger partial charge in [-0.3, -0.25) is 9.59 Å². The Morgan fingerprint density at radius 2 is 2.05 bits per heavy atom. The summed E-state index contributed by atoms with van der Waals surface area (Å²) in [5.41, 5.74) is 1.05. The van der Waals surface area contributed by atoms with Crippen molar-refractivity contribution in [3.05, 3.63) is 36.4 Å². The molecule has 1 saturated heterocycles. The Morgan fingerprint density at radius 1 is 1.32 bits per heavy atom. The Hall–Kier alpha value is -2.30. The highest BCUT2D eigenvalue weighted by atomic mass is 16.5. The van der Waals surface area contributed by atoms with Gasteiger partial charge in [0.05, 0.1) is 12.3 Å². The second-order valence-corrected chi connectivity index (χ2v) is 5.19. The Balaban J connectivity index is 2.24. The quantitative estimate of drug-likeness (QED) is 0.851. The van der Waals surface area contributed by atoms with Crippen LogP contribution in [0.3, 0.4) is 0 Å².